The quantitative estimate of drug-likeness (QED) is 0.705. The fourth-order valence-corrected chi connectivity index (χ4v) is 1.96. The lowest BCUT2D eigenvalue weighted by atomic mass is 9.99. The van der Waals surface area contributed by atoms with Gasteiger partial charge in [-0.1, -0.05) is 32.0 Å². The normalized spacial score (nSPS) is 14.1. The van der Waals surface area contributed by atoms with Crippen LogP contribution < -0.4 is 10.1 Å². The van der Waals surface area contributed by atoms with Crippen LogP contribution in [0.2, 0.25) is 0 Å². The van der Waals surface area contributed by atoms with Crippen molar-refractivity contribution < 1.29 is 9.47 Å². The second kappa shape index (κ2) is 9.82. The van der Waals surface area contributed by atoms with E-state index in [0.717, 1.165) is 31.7 Å². The molecule has 0 radical (unpaired) electrons. The number of hydrogen-bond acceptors (Lipinski definition) is 3. The third kappa shape index (κ3) is 6.60. The molecule has 1 N–H and O–H groups in total. The van der Waals surface area contributed by atoms with E-state index in [9.17, 15) is 0 Å². The third-order valence-electron chi connectivity index (χ3n) is 3.29. The summed E-state index contributed by atoms with van der Waals surface area (Å²) in [6.07, 6.45) is 2.19. The van der Waals surface area contributed by atoms with Gasteiger partial charge in [0.1, 0.15) is 12.4 Å². The fraction of sp³-hybridized carbons (Fsp3) is 0.625. The maximum Gasteiger partial charge on any atom is 0.119 e. The molecule has 0 saturated carbocycles. The number of rotatable bonds is 10. The van der Waals surface area contributed by atoms with Gasteiger partial charge in [-0.05, 0) is 37.4 Å². The van der Waals surface area contributed by atoms with Gasteiger partial charge in [0.15, 0.2) is 0 Å². The molecule has 2 unspecified atom stereocenters. The van der Waals surface area contributed by atoms with Crippen LogP contribution in [0.4, 0.5) is 0 Å². The van der Waals surface area contributed by atoms with Crippen LogP contribution in [0.3, 0.4) is 0 Å². The molecule has 0 spiro atoms. The average Bonchev–Trinajstić information content (AvgIpc) is 2.46. The highest BCUT2D eigenvalue weighted by molar-refractivity contribution is 5.20. The first-order valence-corrected chi connectivity index (χ1v) is 7.18. The number of benzene rings is 1. The molecule has 0 heterocycles. The van der Waals surface area contributed by atoms with Crippen LogP contribution in [-0.2, 0) is 4.74 Å². The smallest absolute Gasteiger partial charge is 0.119 e. The zero-order chi connectivity index (χ0) is 13.9. The van der Waals surface area contributed by atoms with E-state index < -0.39 is 0 Å². The van der Waals surface area contributed by atoms with Crippen molar-refractivity contribution in [3.8, 4) is 5.75 Å². The van der Waals surface area contributed by atoms with Crippen molar-refractivity contribution in [3.05, 3.63) is 30.3 Å². The van der Waals surface area contributed by atoms with Gasteiger partial charge in [0.25, 0.3) is 0 Å². The molecule has 1 aromatic rings. The van der Waals surface area contributed by atoms with Gasteiger partial charge in [-0.3, -0.25) is 0 Å². The van der Waals surface area contributed by atoms with Crippen LogP contribution in [0.25, 0.3) is 0 Å². The number of methoxy groups -OCH3 is 1. The molecule has 1 aromatic carbocycles. The molecule has 3 heteroatoms. The van der Waals surface area contributed by atoms with Gasteiger partial charge in [-0.2, -0.15) is 0 Å². The predicted octanol–water partition coefficient (Wildman–Crippen LogP) is 3.11. The van der Waals surface area contributed by atoms with E-state index in [1.165, 1.54) is 0 Å². The van der Waals surface area contributed by atoms with Gasteiger partial charge in [-0.25, -0.2) is 0 Å². The van der Waals surface area contributed by atoms with Gasteiger partial charge in [0.2, 0.25) is 0 Å². The molecule has 1 rings (SSSR count). The summed E-state index contributed by atoms with van der Waals surface area (Å²) in [5, 5.41) is 3.57. The number of nitrogens with one attached hydrogen (secondary N) is 1. The molecule has 0 aromatic heterocycles. The molecule has 0 bridgehead atoms. The predicted molar refractivity (Wildman–Crippen MR) is 79.7 cm³/mol. The zero-order valence-electron chi connectivity index (χ0n) is 12.4. The Bertz CT molecular complexity index is 316. The second-order valence-electron chi connectivity index (χ2n) is 4.94. The van der Waals surface area contributed by atoms with Crippen LogP contribution in [-0.4, -0.2) is 32.9 Å². The van der Waals surface area contributed by atoms with E-state index in [1.54, 1.807) is 7.11 Å². The van der Waals surface area contributed by atoms with Crippen molar-refractivity contribution >= 4 is 0 Å². The summed E-state index contributed by atoms with van der Waals surface area (Å²) in [6.45, 7) is 6.97. The van der Waals surface area contributed by atoms with Crippen LogP contribution in [0, 0.1) is 5.92 Å². The first-order valence-electron chi connectivity index (χ1n) is 7.18. The molecule has 0 saturated heterocycles. The third-order valence-corrected chi connectivity index (χ3v) is 3.29. The largest absolute Gasteiger partial charge is 0.492 e. The van der Waals surface area contributed by atoms with Crippen molar-refractivity contribution in [2.45, 2.75) is 32.7 Å². The van der Waals surface area contributed by atoms with Gasteiger partial charge >= 0.3 is 0 Å². The minimum Gasteiger partial charge on any atom is -0.492 e. The number of para-hydroxylation sites is 1. The van der Waals surface area contributed by atoms with Crippen molar-refractivity contribution in [3.63, 3.8) is 0 Å². The van der Waals surface area contributed by atoms with E-state index in [4.69, 9.17) is 9.47 Å². The van der Waals surface area contributed by atoms with Crippen LogP contribution in [0.1, 0.15) is 26.7 Å². The molecule has 3 nitrogen and oxygen atoms in total. The van der Waals surface area contributed by atoms with E-state index in [-0.39, 0.29) is 0 Å². The summed E-state index contributed by atoms with van der Waals surface area (Å²) in [5.41, 5.74) is 0. The Labute approximate surface area is 117 Å². The van der Waals surface area contributed by atoms with Crippen LogP contribution in [0.15, 0.2) is 30.3 Å². The molecular formula is C16H27NO2. The maximum absolute atomic E-state index is 5.86. The fourth-order valence-electron chi connectivity index (χ4n) is 1.96. The van der Waals surface area contributed by atoms with E-state index >= 15 is 0 Å². The van der Waals surface area contributed by atoms with E-state index in [0.29, 0.717) is 18.6 Å². The standard InChI is InChI=1S/C16H27NO2/c1-4-11-17-16(14(2)10-12-18-3)13-19-15-8-6-5-7-9-15/h5-9,14,16-17H,4,10-13H2,1-3H3. The van der Waals surface area contributed by atoms with Crippen molar-refractivity contribution in [2.75, 3.05) is 26.9 Å². The molecule has 0 aliphatic heterocycles. The zero-order valence-corrected chi connectivity index (χ0v) is 12.4. The van der Waals surface area contributed by atoms with Crippen LogP contribution >= 0.6 is 0 Å². The lowest BCUT2D eigenvalue weighted by Crippen LogP contribution is -2.40. The topological polar surface area (TPSA) is 30.5 Å². The molecule has 0 aliphatic rings. The number of ether oxygens (including phenoxy) is 2. The summed E-state index contributed by atoms with van der Waals surface area (Å²) in [4.78, 5) is 0. The molecule has 108 valence electrons. The van der Waals surface area contributed by atoms with Crippen molar-refractivity contribution in [1.82, 2.24) is 5.32 Å². The average molecular weight is 265 g/mol. The molecule has 2 atom stereocenters. The Hall–Kier alpha value is -1.06. The Morgan fingerprint density at radius 2 is 1.95 bits per heavy atom. The molecule has 19 heavy (non-hydrogen) atoms. The summed E-state index contributed by atoms with van der Waals surface area (Å²) in [5.74, 6) is 1.47. The number of hydrogen-bond donors (Lipinski definition) is 1. The summed E-state index contributed by atoms with van der Waals surface area (Å²) in [7, 11) is 1.75. The highest BCUT2D eigenvalue weighted by Crippen LogP contribution is 2.13. The minimum atomic E-state index is 0.371. The summed E-state index contributed by atoms with van der Waals surface area (Å²) < 4.78 is 11.0. The van der Waals surface area contributed by atoms with Gasteiger partial charge in [-0.15, -0.1) is 0 Å². The van der Waals surface area contributed by atoms with Crippen molar-refractivity contribution in [2.24, 2.45) is 5.92 Å². The van der Waals surface area contributed by atoms with Gasteiger partial charge < -0.3 is 14.8 Å². The minimum absolute atomic E-state index is 0.371. The van der Waals surface area contributed by atoms with Crippen molar-refractivity contribution in [1.29, 1.82) is 0 Å². The highest BCUT2D eigenvalue weighted by atomic mass is 16.5. The Morgan fingerprint density at radius 1 is 1.21 bits per heavy atom. The van der Waals surface area contributed by atoms with Gasteiger partial charge in [0.05, 0.1) is 0 Å². The lowest BCUT2D eigenvalue weighted by Gasteiger charge is -2.25. The van der Waals surface area contributed by atoms with E-state index in [1.807, 2.05) is 30.3 Å². The Balaban J connectivity index is 2.44. The SMILES string of the molecule is CCCNC(COc1ccccc1)C(C)CCOC. The second-order valence-corrected chi connectivity index (χ2v) is 4.94. The molecule has 0 fully saturated rings. The monoisotopic (exact) mass is 265 g/mol. The summed E-state index contributed by atoms with van der Waals surface area (Å²) in [6, 6.07) is 10.4. The van der Waals surface area contributed by atoms with Crippen LogP contribution in [0.5, 0.6) is 5.75 Å². The Kier molecular flexibility index (Phi) is 8.26. The first kappa shape index (κ1) is 16.0. The van der Waals surface area contributed by atoms with E-state index in [2.05, 4.69) is 19.2 Å². The highest BCUT2D eigenvalue weighted by Gasteiger charge is 2.17. The molecular weight excluding hydrogens is 238 g/mol. The lowest BCUT2D eigenvalue weighted by molar-refractivity contribution is 0.154. The first-order chi connectivity index (χ1) is 9.27. The maximum atomic E-state index is 5.86. The molecule has 0 amide bonds. The molecule has 0 aliphatic carbocycles. The van der Waals surface area contributed by atoms with Gasteiger partial charge in [0, 0.05) is 19.8 Å². The Morgan fingerprint density at radius 3 is 2.58 bits per heavy atom. The summed E-state index contributed by atoms with van der Waals surface area (Å²) >= 11 is 0.